The Kier molecular flexibility index (Phi) is 6.24. The Morgan fingerprint density at radius 2 is 1.80 bits per heavy atom. The Morgan fingerprint density at radius 3 is 2.50 bits per heavy atom. The molecular weight excluding hydrogens is 370 g/mol. The first-order valence-corrected chi connectivity index (χ1v) is 10.7. The van der Waals surface area contributed by atoms with Gasteiger partial charge in [-0.3, -0.25) is 14.7 Å². The summed E-state index contributed by atoms with van der Waals surface area (Å²) in [4.78, 5) is 19.0. The summed E-state index contributed by atoms with van der Waals surface area (Å²) in [6.45, 7) is 7.13. The van der Waals surface area contributed by atoms with Crippen LogP contribution in [-0.2, 0) is 6.54 Å². The maximum atomic E-state index is 12.4. The quantitative estimate of drug-likeness (QED) is 0.673. The number of hydrogen-bond acceptors (Lipinski definition) is 3. The minimum absolute atomic E-state index is 0.0831. The minimum Gasteiger partial charge on any atom is -0.347 e. The molecule has 0 bridgehead atoms. The van der Waals surface area contributed by atoms with E-state index < -0.39 is 0 Å². The highest BCUT2D eigenvalue weighted by molar-refractivity contribution is 5.92. The van der Waals surface area contributed by atoms with Crippen molar-refractivity contribution in [2.24, 2.45) is 0 Å². The highest BCUT2D eigenvalue weighted by Gasteiger charge is 2.22. The molecular formula is C26H29N3O. The third kappa shape index (κ3) is 5.14. The first-order chi connectivity index (χ1) is 14.6. The van der Waals surface area contributed by atoms with Crippen molar-refractivity contribution >= 4 is 5.91 Å². The third-order valence-corrected chi connectivity index (χ3v) is 5.65. The van der Waals surface area contributed by atoms with E-state index in [2.05, 4.69) is 71.5 Å². The molecule has 4 heteroatoms. The Morgan fingerprint density at radius 1 is 1.03 bits per heavy atom. The van der Waals surface area contributed by atoms with E-state index in [0.717, 1.165) is 32.5 Å². The zero-order chi connectivity index (χ0) is 20.9. The summed E-state index contributed by atoms with van der Waals surface area (Å²) in [6.07, 6.45) is 3.76. The van der Waals surface area contributed by atoms with Gasteiger partial charge < -0.3 is 5.32 Å². The van der Waals surface area contributed by atoms with Crippen molar-refractivity contribution in [2.75, 3.05) is 13.1 Å². The fourth-order valence-corrected chi connectivity index (χ4v) is 4.28. The van der Waals surface area contributed by atoms with E-state index in [1.807, 2.05) is 12.1 Å². The van der Waals surface area contributed by atoms with Crippen LogP contribution in [0, 0.1) is 13.8 Å². The first-order valence-electron chi connectivity index (χ1n) is 10.7. The highest BCUT2D eigenvalue weighted by atomic mass is 16.1. The van der Waals surface area contributed by atoms with E-state index in [4.69, 9.17) is 0 Å². The highest BCUT2D eigenvalue weighted by Crippen LogP contribution is 2.23. The minimum atomic E-state index is -0.0831. The summed E-state index contributed by atoms with van der Waals surface area (Å²) in [5.74, 6) is -0.0831. The molecule has 1 fully saturated rings. The second-order valence-corrected chi connectivity index (χ2v) is 8.34. The van der Waals surface area contributed by atoms with Gasteiger partial charge in [0.1, 0.15) is 5.69 Å². The molecule has 2 aromatic carbocycles. The summed E-state index contributed by atoms with van der Waals surface area (Å²) in [5, 5.41) is 3.15. The van der Waals surface area contributed by atoms with Crippen LogP contribution in [-0.4, -0.2) is 34.9 Å². The lowest BCUT2D eigenvalue weighted by Crippen LogP contribution is -2.47. The average Bonchev–Trinajstić information content (AvgIpc) is 2.74. The molecule has 30 heavy (non-hydrogen) atoms. The molecule has 1 aliphatic rings. The second kappa shape index (κ2) is 9.23. The summed E-state index contributed by atoms with van der Waals surface area (Å²) in [7, 11) is 0. The first kappa shape index (κ1) is 20.3. The van der Waals surface area contributed by atoms with E-state index >= 15 is 0 Å². The molecule has 1 aliphatic heterocycles. The molecule has 1 atom stereocenters. The number of amides is 1. The van der Waals surface area contributed by atoms with Crippen molar-refractivity contribution in [3.8, 4) is 11.1 Å². The zero-order valence-corrected chi connectivity index (χ0v) is 17.8. The Labute approximate surface area is 179 Å². The lowest BCUT2D eigenvalue weighted by atomic mass is 9.99. The van der Waals surface area contributed by atoms with Crippen molar-refractivity contribution in [2.45, 2.75) is 39.3 Å². The van der Waals surface area contributed by atoms with Crippen LogP contribution >= 0.6 is 0 Å². The SMILES string of the molecule is Cc1cc(C)cc(-c2ccc(CN3CCCC(NC(=O)c4ccccn4)C3)cc2)c1. The van der Waals surface area contributed by atoms with Gasteiger partial charge >= 0.3 is 0 Å². The average molecular weight is 400 g/mol. The van der Waals surface area contributed by atoms with Crippen LogP contribution in [0.2, 0.25) is 0 Å². The number of aryl methyl sites for hydroxylation is 2. The summed E-state index contributed by atoms with van der Waals surface area (Å²) in [5.41, 5.74) is 6.90. The van der Waals surface area contributed by atoms with Crippen LogP contribution in [0.4, 0.5) is 0 Å². The van der Waals surface area contributed by atoms with Gasteiger partial charge in [0.2, 0.25) is 0 Å². The number of hydrogen-bond donors (Lipinski definition) is 1. The number of likely N-dealkylation sites (tertiary alicyclic amines) is 1. The molecule has 0 radical (unpaired) electrons. The number of piperidine rings is 1. The largest absolute Gasteiger partial charge is 0.347 e. The summed E-state index contributed by atoms with van der Waals surface area (Å²) < 4.78 is 0. The number of pyridine rings is 1. The number of nitrogens with zero attached hydrogens (tertiary/aromatic N) is 2. The van der Waals surface area contributed by atoms with Crippen LogP contribution in [0.5, 0.6) is 0 Å². The van der Waals surface area contributed by atoms with Crippen LogP contribution < -0.4 is 5.32 Å². The Balaban J connectivity index is 1.36. The molecule has 1 amide bonds. The molecule has 1 unspecified atom stereocenters. The van der Waals surface area contributed by atoms with Crippen molar-refractivity contribution < 1.29 is 4.79 Å². The normalized spacial score (nSPS) is 16.9. The molecule has 1 N–H and O–H groups in total. The predicted molar refractivity (Wildman–Crippen MR) is 121 cm³/mol. The molecule has 154 valence electrons. The van der Waals surface area contributed by atoms with Gasteiger partial charge in [0.15, 0.2) is 0 Å². The molecule has 1 aromatic heterocycles. The van der Waals surface area contributed by atoms with E-state index in [9.17, 15) is 4.79 Å². The molecule has 0 spiro atoms. The third-order valence-electron chi connectivity index (χ3n) is 5.65. The Bertz CT molecular complexity index is 978. The van der Waals surface area contributed by atoms with Gasteiger partial charge in [-0.1, -0.05) is 59.7 Å². The van der Waals surface area contributed by atoms with Crippen LogP contribution in [0.15, 0.2) is 66.9 Å². The summed E-state index contributed by atoms with van der Waals surface area (Å²) >= 11 is 0. The molecule has 0 saturated carbocycles. The van der Waals surface area contributed by atoms with Gasteiger partial charge in [-0.25, -0.2) is 0 Å². The predicted octanol–water partition coefficient (Wildman–Crippen LogP) is 4.76. The number of rotatable bonds is 5. The molecule has 4 nitrogen and oxygen atoms in total. The van der Waals surface area contributed by atoms with Crippen molar-refractivity contribution in [1.82, 2.24) is 15.2 Å². The topological polar surface area (TPSA) is 45.2 Å². The van der Waals surface area contributed by atoms with Crippen LogP contribution in [0.1, 0.15) is 40.0 Å². The van der Waals surface area contributed by atoms with Gasteiger partial charge in [0, 0.05) is 25.3 Å². The van der Waals surface area contributed by atoms with Gasteiger partial charge in [0.05, 0.1) is 0 Å². The van der Waals surface area contributed by atoms with Crippen LogP contribution in [0.25, 0.3) is 11.1 Å². The number of nitrogens with one attached hydrogen (secondary N) is 1. The van der Waals surface area contributed by atoms with Gasteiger partial charge in [-0.15, -0.1) is 0 Å². The standard InChI is InChI=1S/C26H29N3O/c1-19-14-20(2)16-23(15-19)22-10-8-21(9-11-22)17-29-13-5-6-24(18-29)28-26(30)25-7-3-4-12-27-25/h3-4,7-12,14-16,24H,5-6,13,17-18H2,1-2H3,(H,28,30). The zero-order valence-electron chi connectivity index (χ0n) is 17.8. The van der Waals surface area contributed by atoms with Crippen molar-refractivity contribution in [1.29, 1.82) is 0 Å². The van der Waals surface area contributed by atoms with Crippen molar-refractivity contribution in [3.63, 3.8) is 0 Å². The van der Waals surface area contributed by atoms with Crippen LogP contribution in [0.3, 0.4) is 0 Å². The van der Waals surface area contributed by atoms with Gasteiger partial charge in [0.25, 0.3) is 5.91 Å². The molecule has 4 rings (SSSR count). The monoisotopic (exact) mass is 399 g/mol. The molecule has 0 aliphatic carbocycles. The van der Waals surface area contributed by atoms with Crippen molar-refractivity contribution in [3.05, 3.63) is 89.2 Å². The van der Waals surface area contributed by atoms with E-state index in [1.54, 1.807) is 12.3 Å². The molecule has 3 aromatic rings. The number of aromatic nitrogens is 1. The number of benzene rings is 2. The lowest BCUT2D eigenvalue weighted by molar-refractivity contribution is 0.0896. The van der Waals surface area contributed by atoms with E-state index in [1.165, 1.54) is 27.8 Å². The maximum absolute atomic E-state index is 12.4. The lowest BCUT2D eigenvalue weighted by Gasteiger charge is -2.33. The second-order valence-electron chi connectivity index (χ2n) is 8.34. The molecule has 1 saturated heterocycles. The fraction of sp³-hybridized carbons (Fsp3) is 0.308. The van der Waals surface area contributed by atoms with E-state index in [0.29, 0.717) is 5.69 Å². The maximum Gasteiger partial charge on any atom is 0.270 e. The summed E-state index contributed by atoms with van der Waals surface area (Å²) in [6, 6.07) is 21.2. The van der Waals surface area contributed by atoms with E-state index in [-0.39, 0.29) is 11.9 Å². The van der Waals surface area contributed by atoms with Gasteiger partial charge in [-0.2, -0.15) is 0 Å². The number of carbonyl (C=O) groups is 1. The fourth-order valence-electron chi connectivity index (χ4n) is 4.28. The number of carbonyl (C=O) groups excluding carboxylic acids is 1. The molecule has 2 heterocycles. The Hall–Kier alpha value is -2.98. The smallest absolute Gasteiger partial charge is 0.270 e. The van der Waals surface area contributed by atoms with Gasteiger partial charge in [-0.05, 0) is 62.1 Å².